The third kappa shape index (κ3) is 7.90. The molecule has 0 aromatic carbocycles. The standard InChI is InChI=1S/C17H29F3N6S.HI/c1-5-25(12-17(18,19)20)9-13-6-7-26(10-13)15(21-2)22-8-14-11-27-16(23-14)24(3)4;/h11,13H,5-10,12H2,1-4H3,(H,21,22);1H. The molecular formula is C17H30F3IN6S. The summed E-state index contributed by atoms with van der Waals surface area (Å²) >= 11 is 1.59. The molecule has 0 bridgehead atoms. The SMILES string of the molecule is CCN(CC1CCN(C(=NC)NCc2csc(N(C)C)n2)C1)CC(F)(F)F.I. The maximum atomic E-state index is 12.7. The number of hydrogen-bond donors (Lipinski definition) is 1. The van der Waals surface area contributed by atoms with Crippen molar-refractivity contribution in [2.45, 2.75) is 26.1 Å². The summed E-state index contributed by atoms with van der Waals surface area (Å²) in [5.74, 6) is 0.987. The predicted octanol–water partition coefficient (Wildman–Crippen LogP) is 3.11. The third-order valence-corrected chi connectivity index (χ3v) is 5.57. The van der Waals surface area contributed by atoms with E-state index in [4.69, 9.17) is 0 Å². The molecule has 1 unspecified atom stereocenters. The van der Waals surface area contributed by atoms with E-state index in [1.54, 1.807) is 25.3 Å². The van der Waals surface area contributed by atoms with E-state index in [1.807, 2.05) is 24.4 Å². The van der Waals surface area contributed by atoms with Gasteiger partial charge in [0, 0.05) is 46.2 Å². The van der Waals surface area contributed by atoms with Crippen LogP contribution in [0.4, 0.5) is 18.3 Å². The third-order valence-electron chi connectivity index (χ3n) is 4.51. The molecule has 1 aromatic heterocycles. The van der Waals surface area contributed by atoms with Gasteiger partial charge in [-0.05, 0) is 18.9 Å². The molecule has 1 N–H and O–H groups in total. The molecule has 1 atom stereocenters. The maximum Gasteiger partial charge on any atom is 0.401 e. The smallest absolute Gasteiger partial charge is 0.354 e. The predicted molar refractivity (Wildman–Crippen MR) is 120 cm³/mol. The monoisotopic (exact) mass is 534 g/mol. The Hall–Kier alpha value is -0.820. The largest absolute Gasteiger partial charge is 0.401 e. The molecule has 0 aliphatic carbocycles. The lowest BCUT2D eigenvalue weighted by atomic mass is 10.1. The van der Waals surface area contributed by atoms with Gasteiger partial charge < -0.3 is 15.1 Å². The number of aliphatic imine (C=N–C) groups is 1. The molecule has 1 aliphatic heterocycles. The van der Waals surface area contributed by atoms with Crippen LogP contribution in [0.3, 0.4) is 0 Å². The number of likely N-dealkylation sites (tertiary alicyclic amines) is 1. The van der Waals surface area contributed by atoms with E-state index in [2.05, 4.69) is 20.2 Å². The minimum Gasteiger partial charge on any atom is -0.354 e. The zero-order valence-corrected chi connectivity index (χ0v) is 19.9. The van der Waals surface area contributed by atoms with Gasteiger partial charge in [-0.15, -0.1) is 35.3 Å². The highest BCUT2D eigenvalue weighted by Gasteiger charge is 2.33. The molecule has 0 saturated carbocycles. The van der Waals surface area contributed by atoms with Crippen LogP contribution in [0.25, 0.3) is 0 Å². The first-order chi connectivity index (χ1) is 12.7. The van der Waals surface area contributed by atoms with E-state index in [1.165, 1.54) is 4.90 Å². The molecule has 2 heterocycles. The number of halogens is 4. The topological polar surface area (TPSA) is 47.0 Å². The van der Waals surface area contributed by atoms with Gasteiger partial charge in [0.1, 0.15) is 0 Å². The summed E-state index contributed by atoms with van der Waals surface area (Å²) in [7, 11) is 5.64. The molecule has 0 spiro atoms. The van der Waals surface area contributed by atoms with Gasteiger partial charge in [0.2, 0.25) is 0 Å². The van der Waals surface area contributed by atoms with Gasteiger partial charge in [-0.2, -0.15) is 13.2 Å². The van der Waals surface area contributed by atoms with Gasteiger partial charge in [-0.3, -0.25) is 9.89 Å². The van der Waals surface area contributed by atoms with Gasteiger partial charge in [0.25, 0.3) is 0 Å². The van der Waals surface area contributed by atoms with Crippen LogP contribution in [0.5, 0.6) is 0 Å². The van der Waals surface area contributed by atoms with Gasteiger partial charge >= 0.3 is 6.18 Å². The summed E-state index contributed by atoms with van der Waals surface area (Å²) in [5.41, 5.74) is 0.947. The number of anilines is 1. The van der Waals surface area contributed by atoms with Crippen molar-refractivity contribution in [3.8, 4) is 0 Å². The summed E-state index contributed by atoms with van der Waals surface area (Å²) in [4.78, 5) is 14.4. The Morgan fingerprint density at radius 1 is 1.43 bits per heavy atom. The summed E-state index contributed by atoms with van der Waals surface area (Å²) in [6.07, 6.45) is -3.28. The number of nitrogens with one attached hydrogen (secondary N) is 1. The minimum absolute atomic E-state index is 0. The quantitative estimate of drug-likeness (QED) is 0.331. The first kappa shape index (κ1) is 25.2. The fourth-order valence-corrected chi connectivity index (χ4v) is 3.94. The number of aromatic nitrogens is 1. The molecule has 162 valence electrons. The average Bonchev–Trinajstić information content (AvgIpc) is 3.23. The first-order valence-corrected chi connectivity index (χ1v) is 9.96. The Labute approximate surface area is 186 Å². The van der Waals surface area contributed by atoms with Crippen LogP contribution < -0.4 is 10.2 Å². The van der Waals surface area contributed by atoms with Crippen LogP contribution in [0.15, 0.2) is 10.4 Å². The summed E-state index contributed by atoms with van der Waals surface area (Å²) in [6, 6.07) is 0. The average molecular weight is 534 g/mol. The number of alkyl halides is 3. The summed E-state index contributed by atoms with van der Waals surface area (Å²) < 4.78 is 38.0. The van der Waals surface area contributed by atoms with Crippen molar-refractivity contribution >= 4 is 46.4 Å². The Balaban J connectivity index is 0.00000392. The molecule has 0 amide bonds. The molecule has 1 fully saturated rings. The second-order valence-corrected chi connectivity index (χ2v) is 7.80. The van der Waals surface area contributed by atoms with E-state index >= 15 is 0 Å². The molecule has 0 radical (unpaired) electrons. The van der Waals surface area contributed by atoms with Crippen molar-refractivity contribution in [1.29, 1.82) is 0 Å². The molecule has 1 aliphatic rings. The maximum absolute atomic E-state index is 12.7. The lowest BCUT2D eigenvalue weighted by molar-refractivity contribution is -0.146. The van der Waals surface area contributed by atoms with E-state index in [0.717, 1.165) is 29.8 Å². The van der Waals surface area contributed by atoms with Crippen molar-refractivity contribution in [3.63, 3.8) is 0 Å². The van der Waals surface area contributed by atoms with Crippen LogP contribution in [-0.2, 0) is 6.54 Å². The zero-order valence-electron chi connectivity index (χ0n) is 16.8. The van der Waals surface area contributed by atoms with E-state index in [9.17, 15) is 13.2 Å². The minimum atomic E-state index is -4.15. The molecule has 1 saturated heterocycles. The van der Waals surface area contributed by atoms with Crippen LogP contribution in [-0.4, -0.2) is 80.8 Å². The Bertz CT molecular complexity index is 622. The Morgan fingerprint density at radius 3 is 2.68 bits per heavy atom. The first-order valence-electron chi connectivity index (χ1n) is 9.08. The van der Waals surface area contributed by atoms with Crippen molar-refractivity contribution in [3.05, 3.63) is 11.1 Å². The van der Waals surface area contributed by atoms with Gasteiger partial charge in [-0.25, -0.2) is 4.98 Å². The lowest BCUT2D eigenvalue weighted by Crippen LogP contribution is -2.41. The number of hydrogen-bond acceptors (Lipinski definition) is 5. The van der Waals surface area contributed by atoms with Crippen LogP contribution >= 0.6 is 35.3 Å². The van der Waals surface area contributed by atoms with Gasteiger partial charge in [-0.1, -0.05) is 6.92 Å². The summed E-state index contributed by atoms with van der Waals surface area (Å²) in [6.45, 7) is 3.89. The van der Waals surface area contributed by atoms with Crippen LogP contribution in [0.1, 0.15) is 19.0 Å². The van der Waals surface area contributed by atoms with Crippen molar-refractivity contribution in [2.24, 2.45) is 10.9 Å². The highest BCUT2D eigenvalue weighted by molar-refractivity contribution is 14.0. The molecular weight excluding hydrogens is 504 g/mol. The normalized spacial score (nSPS) is 17.8. The van der Waals surface area contributed by atoms with Crippen LogP contribution in [0, 0.1) is 5.92 Å². The van der Waals surface area contributed by atoms with E-state index < -0.39 is 12.7 Å². The van der Waals surface area contributed by atoms with E-state index in [0.29, 0.717) is 26.2 Å². The molecule has 11 heteroatoms. The molecule has 6 nitrogen and oxygen atoms in total. The number of guanidine groups is 1. The van der Waals surface area contributed by atoms with E-state index in [-0.39, 0.29) is 29.9 Å². The number of nitrogens with zero attached hydrogens (tertiary/aromatic N) is 5. The highest BCUT2D eigenvalue weighted by atomic mass is 127. The molecule has 1 aromatic rings. The lowest BCUT2D eigenvalue weighted by Gasteiger charge is -2.26. The van der Waals surface area contributed by atoms with Gasteiger partial charge in [0.05, 0.1) is 18.8 Å². The van der Waals surface area contributed by atoms with Crippen molar-refractivity contribution in [1.82, 2.24) is 20.1 Å². The molecule has 28 heavy (non-hydrogen) atoms. The summed E-state index contributed by atoms with van der Waals surface area (Å²) in [5, 5.41) is 6.28. The Kier molecular flexibility index (Phi) is 10.3. The number of thiazole rings is 1. The fraction of sp³-hybridized carbons (Fsp3) is 0.765. The zero-order chi connectivity index (χ0) is 20.0. The molecule has 2 rings (SSSR count). The highest BCUT2D eigenvalue weighted by Crippen LogP contribution is 2.22. The fourth-order valence-electron chi connectivity index (χ4n) is 3.18. The van der Waals surface area contributed by atoms with Gasteiger partial charge in [0.15, 0.2) is 11.1 Å². The second-order valence-electron chi connectivity index (χ2n) is 6.96. The van der Waals surface area contributed by atoms with Crippen molar-refractivity contribution in [2.75, 3.05) is 58.8 Å². The van der Waals surface area contributed by atoms with Crippen molar-refractivity contribution < 1.29 is 13.2 Å². The Morgan fingerprint density at radius 2 is 2.14 bits per heavy atom. The van der Waals surface area contributed by atoms with Crippen LogP contribution in [0.2, 0.25) is 0 Å². The number of rotatable bonds is 7. The second kappa shape index (κ2) is 11.4.